The molecule has 2 N–H and O–H groups in total. The Hall–Kier alpha value is -0.530. The summed E-state index contributed by atoms with van der Waals surface area (Å²) in [6.45, 7) is 2.68. The van der Waals surface area contributed by atoms with Gasteiger partial charge in [-0.05, 0) is 37.1 Å². The van der Waals surface area contributed by atoms with Gasteiger partial charge >= 0.3 is 0 Å². The SMILES string of the molecule is Cc1ccc(CCN)c(Cl)c1. The highest BCUT2D eigenvalue weighted by atomic mass is 35.5. The fraction of sp³-hybridized carbons (Fsp3) is 0.333. The van der Waals surface area contributed by atoms with Crippen molar-refractivity contribution in [1.82, 2.24) is 0 Å². The number of hydrogen-bond acceptors (Lipinski definition) is 1. The van der Waals surface area contributed by atoms with Crippen molar-refractivity contribution in [2.75, 3.05) is 6.54 Å². The monoisotopic (exact) mass is 169 g/mol. The highest BCUT2D eigenvalue weighted by Gasteiger charge is 1.97. The van der Waals surface area contributed by atoms with E-state index in [0.717, 1.165) is 17.0 Å². The first-order valence-corrected chi connectivity index (χ1v) is 4.07. The fourth-order valence-corrected chi connectivity index (χ4v) is 1.34. The number of benzene rings is 1. The van der Waals surface area contributed by atoms with E-state index in [-0.39, 0.29) is 0 Å². The molecule has 0 aromatic heterocycles. The molecule has 2 heteroatoms. The number of hydrogen-bond donors (Lipinski definition) is 1. The third-order valence-corrected chi connectivity index (χ3v) is 1.97. The van der Waals surface area contributed by atoms with E-state index < -0.39 is 0 Å². The molecule has 0 saturated carbocycles. The Morgan fingerprint density at radius 1 is 1.45 bits per heavy atom. The van der Waals surface area contributed by atoms with Crippen molar-refractivity contribution in [2.24, 2.45) is 5.73 Å². The number of nitrogens with two attached hydrogens (primary N) is 1. The molecule has 0 heterocycles. The minimum absolute atomic E-state index is 0.656. The Labute approximate surface area is 72.2 Å². The van der Waals surface area contributed by atoms with Gasteiger partial charge in [-0.15, -0.1) is 0 Å². The van der Waals surface area contributed by atoms with Crippen LogP contribution in [0.3, 0.4) is 0 Å². The predicted octanol–water partition coefficient (Wildman–Crippen LogP) is 2.15. The van der Waals surface area contributed by atoms with Gasteiger partial charge in [-0.1, -0.05) is 23.7 Å². The molecule has 0 aliphatic carbocycles. The average molecular weight is 170 g/mol. The van der Waals surface area contributed by atoms with Crippen LogP contribution in [0.2, 0.25) is 5.02 Å². The molecule has 0 saturated heterocycles. The normalized spacial score (nSPS) is 10.1. The zero-order valence-corrected chi connectivity index (χ0v) is 7.36. The third-order valence-electron chi connectivity index (χ3n) is 1.62. The Balaban J connectivity index is 2.90. The van der Waals surface area contributed by atoms with Crippen LogP contribution in [0.4, 0.5) is 0 Å². The molecule has 0 atom stereocenters. The van der Waals surface area contributed by atoms with Crippen molar-refractivity contribution >= 4 is 11.6 Å². The van der Waals surface area contributed by atoms with Gasteiger partial charge in [0.05, 0.1) is 0 Å². The molecule has 1 rings (SSSR count). The van der Waals surface area contributed by atoms with Crippen LogP contribution in [-0.2, 0) is 6.42 Å². The van der Waals surface area contributed by atoms with Gasteiger partial charge in [0.2, 0.25) is 0 Å². The molecule has 11 heavy (non-hydrogen) atoms. The molecular formula is C9H12ClN. The van der Waals surface area contributed by atoms with Crippen molar-refractivity contribution in [1.29, 1.82) is 0 Å². The van der Waals surface area contributed by atoms with Gasteiger partial charge in [-0.3, -0.25) is 0 Å². The van der Waals surface area contributed by atoms with Crippen LogP contribution in [-0.4, -0.2) is 6.54 Å². The maximum absolute atomic E-state index is 5.95. The summed E-state index contributed by atoms with van der Waals surface area (Å²) < 4.78 is 0. The minimum atomic E-state index is 0.656. The molecule has 0 bridgehead atoms. The Morgan fingerprint density at radius 3 is 2.73 bits per heavy atom. The number of aryl methyl sites for hydroxylation is 1. The topological polar surface area (TPSA) is 26.0 Å². The van der Waals surface area contributed by atoms with E-state index >= 15 is 0 Å². The van der Waals surface area contributed by atoms with Crippen LogP contribution in [0, 0.1) is 6.92 Å². The summed E-state index contributed by atoms with van der Waals surface area (Å²) in [5.74, 6) is 0. The van der Waals surface area contributed by atoms with Crippen LogP contribution >= 0.6 is 11.6 Å². The summed E-state index contributed by atoms with van der Waals surface area (Å²) in [6.07, 6.45) is 0.860. The van der Waals surface area contributed by atoms with Crippen molar-refractivity contribution in [2.45, 2.75) is 13.3 Å². The lowest BCUT2D eigenvalue weighted by Crippen LogP contribution is -2.02. The molecule has 0 fully saturated rings. The first-order valence-electron chi connectivity index (χ1n) is 3.69. The van der Waals surface area contributed by atoms with Crippen LogP contribution in [0.1, 0.15) is 11.1 Å². The molecule has 0 unspecified atom stereocenters. The van der Waals surface area contributed by atoms with E-state index in [4.69, 9.17) is 17.3 Å². The summed E-state index contributed by atoms with van der Waals surface area (Å²) in [5, 5.41) is 0.829. The van der Waals surface area contributed by atoms with Gasteiger partial charge in [0, 0.05) is 5.02 Å². The first kappa shape index (κ1) is 8.57. The molecule has 60 valence electrons. The summed E-state index contributed by atoms with van der Waals surface area (Å²) in [6, 6.07) is 6.05. The molecule has 1 aromatic rings. The van der Waals surface area contributed by atoms with Gasteiger partial charge < -0.3 is 5.73 Å². The molecule has 0 aliphatic rings. The maximum Gasteiger partial charge on any atom is 0.0441 e. The molecule has 0 amide bonds. The summed E-state index contributed by atoms with van der Waals surface area (Å²) in [7, 11) is 0. The van der Waals surface area contributed by atoms with E-state index in [1.165, 1.54) is 5.56 Å². The largest absolute Gasteiger partial charge is 0.330 e. The van der Waals surface area contributed by atoms with E-state index in [2.05, 4.69) is 6.07 Å². The van der Waals surface area contributed by atoms with Crippen molar-refractivity contribution in [3.8, 4) is 0 Å². The van der Waals surface area contributed by atoms with Gasteiger partial charge in [-0.25, -0.2) is 0 Å². The molecule has 0 aliphatic heterocycles. The fourth-order valence-electron chi connectivity index (χ4n) is 1.01. The zero-order chi connectivity index (χ0) is 8.27. The van der Waals surface area contributed by atoms with Gasteiger partial charge in [0.1, 0.15) is 0 Å². The molecule has 1 nitrogen and oxygen atoms in total. The molecular weight excluding hydrogens is 158 g/mol. The molecule has 0 radical (unpaired) electrons. The van der Waals surface area contributed by atoms with E-state index in [0.29, 0.717) is 6.54 Å². The molecule has 1 aromatic carbocycles. The standard InChI is InChI=1S/C9H12ClN/c1-7-2-3-8(4-5-11)9(10)6-7/h2-3,6H,4-5,11H2,1H3. The van der Waals surface area contributed by atoms with E-state index in [1.807, 2.05) is 19.1 Å². The van der Waals surface area contributed by atoms with Crippen molar-refractivity contribution in [3.63, 3.8) is 0 Å². The van der Waals surface area contributed by atoms with Crippen LogP contribution in [0.25, 0.3) is 0 Å². The minimum Gasteiger partial charge on any atom is -0.330 e. The quantitative estimate of drug-likeness (QED) is 0.722. The Morgan fingerprint density at radius 2 is 2.18 bits per heavy atom. The van der Waals surface area contributed by atoms with Crippen molar-refractivity contribution < 1.29 is 0 Å². The second-order valence-corrected chi connectivity index (χ2v) is 3.04. The third kappa shape index (κ3) is 2.21. The van der Waals surface area contributed by atoms with Crippen molar-refractivity contribution in [3.05, 3.63) is 34.3 Å². The van der Waals surface area contributed by atoms with Crippen LogP contribution in [0.5, 0.6) is 0 Å². The smallest absolute Gasteiger partial charge is 0.0441 e. The summed E-state index contributed by atoms with van der Waals surface area (Å²) in [4.78, 5) is 0. The lowest BCUT2D eigenvalue weighted by Gasteiger charge is -2.02. The lowest BCUT2D eigenvalue weighted by atomic mass is 10.1. The second kappa shape index (κ2) is 3.74. The number of rotatable bonds is 2. The summed E-state index contributed by atoms with van der Waals surface area (Å²) in [5.41, 5.74) is 7.74. The maximum atomic E-state index is 5.95. The van der Waals surface area contributed by atoms with E-state index in [9.17, 15) is 0 Å². The Kier molecular flexibility index (Phi) is 2.92. The Bertz CT molecular complexity index is 245. The van der Waals surface area contributed by atoms with E-state index in [1.54, 1.807) is 0 Å². The second-order valence-electron chi connectivity index (χ2n) is 2.63. The van der Waals surface area contributed by atoms with Gasteiger partial charge in [0.15, 0.2) is 0 Å². The number of halogens is 1. The lowest BCUT2D eigenvalue weighted by molar-refractivity contribution is 0.968. The van der Waals surface area contributed by atoms with Crippen LogP contribution < -0.4 is 5.73 Å². The van der Waals surface area contributed by atoms with Gasteiger partial charge in [-0.2, -0.15) is 0 Å². The van der Waals surface area contributed by atoms with Gasteiger partial charge in [0.25, 0.3) is 0 Å². The molecule has 0 spiro atoms. The first-order chi connectivity index (χ1) is 5.24. The zero-order valence-electron chi connectivity index (χ0n) is 6.60. The highest BCUT2D eigenvalue weighted by molar-refractivity contribution is 6.31. The van der Waals surface area contributed by atoms with Crippen LogP contribution in [0.15, 0.2) is 18.2 Å². The average Bonchev–Trinajstić information content (AvgIpc) is 1.95. The predicted molar refractivity (Wildman–Crippen MR) is 48.9 cm³/mol. The summed E-state index contributed by atoms with van der Waals surface area (Å²) >= 11 is 5.95. The highest BCUT2D eigenvalue weighted by Crippen LogP contribution is 2.17.